The van der Waals surface area contributed by atoms with E-state index in [1.165, 1.54) is 6.07 Å². The monoisotopic (exact) mass is 456 g/mol. The summed E-state index contributed by atoms with van der Waals surface area (Å²) in [6, 6.07) is 4.56. The van der Waals surface area contributed by atoms with Crippen LogP contribution in [0, 0.1) is 5.82 Å². The zero-order valence-electron chi connectivity index (χ0n) is 17.1. The van der Waals surface area contributed by atoms with Gasteiger partial charge in [-0.3, -0.25) is 9.69 Å². The van der Waals surface area contributed by atoms with E-state index >= 15 is 0 Å². The molecule has 0 radical (unpaired) electrons. The van der Waals surface area contributed by atoms with Crippen LogP contribution in [0.15, 0.2) is 71.4 Å². The van der Waals surface area contributed by atoms with Gasteiger partial charge in [0.25, 0.3) is 5.91 Å². The highest BCUT2D eigenvalue weighted by Crippen LogP contribution is 2.26. The molecule has 1 aromatic carbocycles. The average Bonchev–Trinajstić information content (AvgIpc) is 3.25. The number of nitrogens with zero attached hydrogens (tertiary/aromatic N) is 3. The topological polar surface area (TPSA) is 81.2 Å². The Hall–Kier alpha value is -3.14. The van der Waals surface area contributed by atoms with Gasteiger partial charge >= 0.3 is 0 Å². The molecule has 4 heterocycles. The first kappa shape index (κ1) is 20.7. The fraction of sp³-hybridized carbons (Fsp3) is 0.273. The number of rotatable bonds is 4. The lowest BCUT2D eigenvalue weighted by atomic mass is 10.1. The van der Waals surface area contributed by atoms with Gasteiger partial charge in [-0.1, -0.05) is 29.8 Å². The molecule has 10 heteroatoms. The molecule has 8 nitrogen and oxygen atoms in total. The predicted octanol–water partition coefficient (Wildman–Crippen LogP) is 1.60. The third-order valence-corrected chi connectivity index (χ3v) is 5.94. The second-order valence-corrected chi connectivity index (χ2v) is 7.97. The second kappa shape index (κ2) is 8.78. The molecule has 1 amide bonds. The second-order valence-electron chi connectivity index (χ2n) is 7.59. The van der Waals surface area contributed by atoms with Crippen molar-refractivity contribution in [2.24, 2.45) is 5.10 Å². The maximum atomic E-state index is 13.9. The Morgan fingerprint density at radius 1 is 1.25 bits per heavy atom. The standard InChI is InChI=1S/C22H22ClFN6O2/c23-21-14(3-1-4-15(21)24)16-7-8-19-25-13-17(30(19)28-16)22(31)27-18-5-2-6-20(26-18)29-9-11-32-12-10-29/h1-8,13,19-20,25-26H,9-12H2,(H,27,31). The van der Waals surface area contributed by atoms with Gasteiger partial charge in [0.15, 0.2) is 0 Å². The predicted molar refractivity (Wildman–Crippen MR) is 119 cm³/mol. The molecule has 0 aliphatic carbocycles. The van der Waals surface area contributed by atoms with Crippen LogP contribution < -0.4 is 16.0 Å². The number of allylic oxidation sites excluding steroid dienone is 3. The Bertz CT molecular complexity index is 1080. The van der Waals surface area contributed by atoms with Gasteiger partial charge in [-0.25, -0.2) is 9.40 Å². The van der Waals surface area contributed by atoms with Gasteiger partial charge in [-0.05, 0) is 30.4 Å². The highest BCUT2D eigenvalue weighted by molar-refractivity contribution is 6.35. The molecule has 1 aromatic rings. The molecule has 3 N–H and O–H groups in total. The maximum absolute atomic E-state index is 13.9. The summed E-state index contributed by atoms with van der Waals surface area (Å²) in [6.45, 7) is 3.02. The van der Waals surface area contributed by atoms with Crippen molar-refractivity contribution in [3.8, 4) is 0 Å². The zero-order valence-corrected chi connectivity index (χ0v) is 17.8. The molecule has 0 aromatic heterocycles. The fourth-order valence-electron chi connectivity index (χ4n) is 3.90. The van der Waals surface area contributed by atoms with Crippen LogP contribution in [0.25, 0.3) is 0 Å². The summed E-state index contributed by atoms with van der Waals surface area (Å²) in [4.78, 5) is 15.3. The number of fused-ring (bicyclic) bond motifs is 1. The molecule has 0 bridgehead atoms. The van der Waals surface area contributed by atoms with E-state index in [4.69, 9.17) is 16.3 Å². The van der Waals surface area contributed by atoms with Crippen LogP contribution in [0.1, 0.15) is 5.56 Å². The van der Waals surface area contributed by atoms with Crippen molar-refractivity contribution < 1.29 is 13.9 Å². The fourth-order valence-corrected chi connectivity index (χ4v) is 4.12. The van der Waals surface area contributed by atoms with Crippen LogP contribution in [0.5, 0.6) is 0 Å². The quantitative estimate of drug-likeness (QED) is 0.638. The van der Waals surface area contributed by atoms with Crippen molar-refractivity contribution in [2.75, 3.05) is 26.3 Å². The van der Waals surface area contributed by atoms with E-state index in [2.05, 4.69) is 26.0 Å². The zero-order chi connectivity index (χ0) is 22.1. The molecule has 0 spiro atoms. The lowest BCUT2D eigenvalue weighted by Crippen LogP contribution is -2.52. The number of carbonyl (C=O) groups is 1. The number of nitrogens with one attached hydrogen (secondary N) is 3. The molecule has 32 heavy (non-hydrogen) atoms. The third-order valence-electron chi connectivity index (χ3n) is 5.56. The summed E-state index contributed by atoms with van der Waals surface area (Å²) in [5, 5.41) is 15.5. The van der Waals surface area contributed by atoms with Crippen molar-refractivity contribution in [1.82, 2.24) is 25.9 Å². The van der Waals surface area contributed by atoms with Crippen molar-refractivity contribution in [3.05, 3.63) is 82.7 Å². The number of halogens is 2. The molecule has 4 aliphatic rings. The average molecular weight is 457 g/mol. The summed E-state index contributed by atoms with van der Waals surface area (Å²) in [5.41, 5.74) is 1.27. The Morgan fingerprint density at radius 3 is 2.94 bits per heavy atom. The number of amides is 1. The van der Waals surface area contributed by atoms with E-state index < -0.39 is 5.82 Å². The molecule has 1 fully saturated rings. The highest BCUT2D eigenvalue weighted by atomic mass is 35.5. The summed E-state index contributed by atoms with van der Waals surface area (Å²) in [6.07, 6.45) is 10.7. The molecule has 2 atom stereocenters. The van der Waals surface area contributed by atoms with E-state index in [9.17, 15) is 9.18 Å². The largest absolute Gasteiger partial charge is 0.379 e. The third kappa shape index (κ3) is 4.02. The number of morpholine rings is 1. The molecule has 1 saturated heterocycles. The van der Waals surface area contributed by atoms with E-state index in [1.54, 1.807) is 29.4 Å². The number of carbonyl (C=O) groups excluding carboxylic acids is 1. The Kier molecular flexibility index (Phi) is 5.69. The molecule has 4 aliphatic heterocycles. The van der Waals surface area contributed by atoms with Gasteiger partial charge < -0.3 is 20.7 Å². The first-order valence-electron chi connectivity index (χ1n) is 10.3. The molecule has 2 unspecified atom stereocenters. The Balaban J connectivity index is 1.29. The highest BCUT2D eigenvalue weighted by Gasteiger charge is 2.32. The number of hydrogen-bond donors (Lipinski definition) is 3. The van der Waals surface area contributed by atoms with Gasteiger partial charge in [0.1, 0.15) is 29.7 Å². The summed E-state index contributed by atoms with van der Waals surface area (Å²) < 4.78 is 19.3. The normalized spacial score (nSPS) is 24.7. The number of ether oxygens (including phenoxy) is 1. The van der Waals surface area contributed by atoms with Crippen molar-refractivity contribution in [3.63, 3.8) is 0 Å². The van der Waals surface area contributed by atoms with Gasteiger partial charge in [0.05, 0.1) is 23.9 Å². The van der Waals surface area contributed by atoms with Crippen molar-refractivity contribution >= 4 is 23.2 Å². The molecule has 0 saturated carbocycles. The molecule has 166 valence electrons. The van der Waals surface area contributed by atoms with Gasteiger partial charge in [0.2, 0.25) is 0 Å². The number of dihydropyridines is 1. The van der Waals surface area contributed by atoms with Crippen LogP contribution in [-0.4, -0.2) is 60.2 Å². The first-order chi connectivity index (χ1) is 15.6. The first-order valence-corrected chi connectivity index (χ1v) is 10.7. The summed E-state index contributed by atoms with van der Waals surface area (Å²) in [5.74, 6) is -0.240. The van der Waals surface area contributed by atoms with Gasteiger partial charge in [0, 0.05) is 24.9 Å². The van der Waals surface area contributed by atoms with E-state index in [0.717, 1.165) is 13.1 Å². The van der Waals surface area contributed by atoms with Crippen LogP contribution in [0.4, 0.5) is 4.39 Å². The lowest BCUT2D eigenvalue weighted by Gasteiger charge is -2.35. The number of benzene rings is 1. The van der Waals surface area contributed by atoms with Crippen molar-refractivity contribution in [1.29, 1.82) is 0 Å². The minimum atomic E-state index is -0.520. The van der Waals surface area contributed by atoms with Gasteiger partial charge in [-0.2, -0.15) is 5.10 Å². The number of hydrogen-bond acceptors (Lipinski definition) is 7. The number of hydrazone groups is 1. The van der Waals surface area contributed by atoms with Gasteiger partial charge in [-0.15, -0.1) is 0 Å². The molecular weight excluding hydrogens is 435 g/mol. The smallest absolute Gasteiger partial charge is 0.276 e. The molecule has 5 rings (SSSR count). The minimum Gasteiger partial charge on any atom is -0.379 e. The van der Waals surface area contributed by atoms with E-state index in [0.29, 0.717) is 36.0 Å². The van der Waals surface area contributed by atoms with Crippen molar-refractivity contribution in [2.45, 2.75) is 12.3 Å². The van der Waals surface area contributed by atoms with E-state index in [-0.39, 0.29) is 23.3 Å². The Morgan fingerprint density at radius 2 is 2.09 bits per heavy atom. The van der Waals surface area contributed by atoms with E-state index in [1.807, 2.05) is 24.3 Å². The summed E-state index contributed by atoms with van der Waals surface area (Å²) >= 11 is 6.12. The summed E-state index contributed by atoms with van der Waals surface area (Å²) in [7, 11) is 0. The molecular formula is C22H22ClFN6O2. The van der Waals surface area contributed by atoms with Crippen LogP contribution in [-0.2, 0) is 9.53 Å². The van der Waals surface area contributed by atoms with Crippen LogP contribution in [0.3, 0.4) is 0 Å². The maximum Gasteiger partial charge on any atom is 0.276 e. The lowest BCUT2D eigenvalue weighted by molar-refractivity contribution is -0.118. The van der Waals surface area contributed by atoms with Crippen LogP contribution >= 0.6 is 11.6 Å². The minimum absolute atomic E-state index is 0.00556. The van der Waals surface area contributed by atoms with Crippen LogP contribution in [0.2, 0.25) is 5.02 Å². The SMILES string of the molecule is O=C(NC1=CC=CC(N2CCOCC2)N1)C1=CNC2C=CC(c3cccc(F)c3Cl)=NN12. The Labute approximate surface area is 189 Å².